The number of aliphatic carboxylic acids is 1. The molecule has 0 saturated carbocycles. The number of carboxylic acid groups (broad SMARTS) is 1. The fraction of sp³-hybridized carbons (Fsp3) is 0.385. The van der Waals surface area contributed by atoms with E-state index in [2.05, 4.69) is 21.2 Å². The van der Waals surface area contributed by atoms with Crippen LogP contribution in [0.15, 0.2) is 16.6 Å². The highest BCUT2D eigenvalue weighted by Gasteiger charge is 2.12. The highest BCUT2D eigenvalue weighted by Crippen LogP contribution is 2.24. The van der Waals surface area contributed by atoms with Crippen LogP contribution in [0.1, 0.15) is 18.4 Å². The number of anilines is 1. The Bertz CT molecular complexity index is 523. The van der Waals surface area contributed by atoms with Crippen LogP contribution in [0.25, 0.3) is 0 Å². The minimum atomic E-state index is -0.892. The van der Waals surface area contributed by atoms with Gasteiger partial charge in [0.15, 0.2) is 0 Å². The predicted molar refractivity (Wildman–Crippen MR) is 77.4 cm³/mol. The fourth-order valence-corrected chi connectivity index (χ4v) is 1.90. The zero-order valence-electron chi connectivity index (χ0n) is 11.2. The minimum Gasteiger partial charge on any atom is -0.481 e. The SMILES string of the molecule is Cc1cc(F)c(Br)cc1NC(=O)N(C)CCCC(=O)O. The van der Waals surface area contributed by atoms with Crippen molar-refractivity contribution in [1.82, 2.24) is 4.90 Å². The molecule has 0 heterocycles. The van der Waals surface area contributed by atoms with Crippen LogP contribution in [0.4, 0.5) is 14.9 Å². The van der Waals surface area contributed by atoms with Gasteiger partial charge in [-0.1, -0.05) is 0 Å². The van der Waals surface area contributed by atoms with E-state index in [0.717, 1.165) is 0 Å². The number of nitrogens with zero attached hydrogens (tertiary/aromatic N) is 1. The number of carboxylic acids is 1. The molecule has 20 heavy (non-hydrogen) atoms. The Kier molecular flexibility index (Phi) is 5.94. The van der Waals surface area contributed by atoms with Gasteiger partial charge in [-0.2, -0.15) is 0 Å². The van der Waals surface area contributed by atoms with Crippen LogP contribution >= 0.6 is 15.9 Å². The lowest BCUT2D eigenvalue weighted by Crippen LogP contribution is -2.32. The fourth-order valence-electron chi connectivity index (χ4n) is 1.56. The maximum atomic E-state index is 13.3. The molecular weight excluding hydrogens is 331 g/mol. The summed E-state index contributed by atoms with van der Waals surface area (Å²) in [5.41, 5.74) is 1.12. The third kappa shape index (κ3) is 4.80. The third-order valence-electron chi connectivity index (χ3n) is 2.74. The summed E-state index contributed by atoms with van der Waals surface area (Å²) >= 11 is 3.06. The van der Waals surface area contributed by atoms with E-state index in [-0.39, 0.29) is 16.9 Å². The lowest BCUT2D eigenvalue weighted by Gasteiger charge is -2.18. The molecule has 0 saturated heterocycles. The lowest BCUT2D eigenvalue weighted by atomic mass is 10.2. The van der Waals surface area contributed by atoms with Crippen LogP contribution in [-0.2, 0) is 4.79 Å². The summed E-state index contributed by atoms with van der Waals surface area (Å²) in [4.78, 5) is 23.7. The van der Waals surface area contributed by atoms with Crippen LogP contribution in [0, 0.1) is 12.7 Å². The molecule has 1 aromatic carbocycles. The molecule has 0 aromatic heterocycles. The number of halogens is 2. The first-order valence-electron chi connectivity index (χ1n) is 6.01. The number of nitrogens with one attached hydrogen (secondary N) is 1. The van der Waals surface area contributed by atoms with Crippen LogP contribution in [0.3, 0.4) is 0 Å². The number of urea groups is 1. The van der Waals surface area contributed by atoms with Crippen molar-refractivity contribution in [2.75, 3.05) is 18.9 Å². The summed E-state index contributed by atoms with van der Waals surface area (Å²) in [5.74, 6) is -1.28. The van der Waals surface area contributed by atoms with Crippen molar-refractivity contribution in [1.29, 1.82) is 0 Å². The molecular formula is C13H16BrFN2O3. The molecule has 0 aliphatic carbocycles. The van der Waals surface area contributed by atoms with E-state index in [0.29, 0.717) is 24.2 Å². The smallest absolute Gasteiger partial charge is 0.321 e. The molecule has 0 spiro atoms. The van der Waals surface area contributed by atoms with Gasteiger partial charge in [0.2, 0.25) is 0 Å². The van der Waals surface area contributed by atoms with Gasteiger partial charge in [-0.25, -0.2) is 9.18 Å². The van der Waals surface area contributed by atoms with Crippen molar-refractivity contribution >= 4 is 33.6 Å². The molecule has 2 N–H and O–H groups in total. The van der Waals surface area contributed by atoms with Crippen LogP contribution < -0.4 is 5.32 Å². The Labute approximate surface area is 124 Å². The predicted octanol–water partition coefficient (Wildman–Crippen LogP) is 3.23. The Hall–Kier alpha value is -1.63. The van der Waals surface area contributed by atoms with Gasteiger partial charge in [-0.15, -0.1) is 0 Å². The maximum Gasteiger partial charge on any atom is 0.321 e. The van der Waals surface area contributed by atoms with E-state index >= 15 is 0 Å². The number of hydrogen-bond acceptors (Lipinski definition) is 2. The maximum absolute atomic E-state index is 13.3. The number of aryl methyl sites for hydroxylation is 1. The molecule has 5 nitrogen and oxygen atoms in total. The van der Waals surface area contributed by atoms with Crippen LogP contribution in [0.2, 0.25) is 0 Å². The van der Waals surface area contributed by atoms with E-state index < -0.39 is 11.8 Å². The second-order valence-corrected chi connectivity index (χ2v) is 5.28. The molecule has 0 radical (unpaired) electrons. The van der Waals surface area contributed by atoms with Crippen molar-refractivity contribution in [3.05, 3.63) is 28.0 Å². The van der Waals surface area contributed by atoms with Crippen molar-refractivity contribution in [2.24, 2.45) is 0 Å². The van der Waals surface area contributed by atoms with E-state index in [4.69, 9.17) is 5.11 Å². The number of carbonyl (C=O) groups is 2. The standard InChI is InChI=1S/C13H16BrFN2O3/c1-8-6-10(15)9(14)7-11(8)16-13(20)17(2)5-3-4-12(18)19/h6-7H,3-5H2,1-2H3,(H,16,20)(H,18,19). The van der Waals surface area contributed by atoms with Gasteiger partial charge in [0, 0.05) is 25.7 Å². The topological polar surface area (TPSA) is 69.6 Å². The average Bonchev–Trinajstić information content (AvgIpc) is 2.35. The quantitative estimate of drug-likeness (QED) is 0.859. The van der Waals surface area contributed by atoms with Crippen molar-refractivity contribution in [3.8, 4) is 0 Å². The Morgan fingerprint density at radius 3 is 2.70 bits per heavy atom. The molecule has 7 heteroatoms. The number of rotatable bonds is 5. The number of benzene rings is 1. The Morgan fingerprint density at radius 1 is 1.45 bits per heavy atom. The van der Waals surface area contributed by atoms with E-state index in [9.17, 15) is 14.0 Å². The van der Waals surface area contributed by atoms with Crippen molar-refractivity contribution < 1.29 is 19.1 Å². The number of carbonyl (C=O) groups excluding carboxylic acids is 1. The number of hydrogen-bond donors (Lipinski definition) is 2. The minimum absolute atomic E-state index is 0.0126. The Balaban J connectivity index is 2.61. The highest BCUT2D eigenvalue weighted by molar-refractivity contribution is 9.10. The van der Waals surface area contributed by atoms with Crippen LogP contribution in [0.5, 0.6) is 0 Å². The first-order valence-corrected chi connectivity index (χ1v) is 6.80. The van der Waals surface area contributed by atoms with Crippen molar-refractivity contribution in [2.45, 2.75) is 19.8 Å². The van der Waals surface area contributed by atoms with Gasteiger partial charge in [0.05, 0.1) is 4.47 Å². The molecule has 1 rings (SSSR count). The van der Waals surface area contributed by atoms with E-state index in [1.54, 1.807) is 14.0 Å². The van der Waals surface area contributed by atoms with Gasteiger partial charge < -0.3 is 15.3 Å². The molecule has 0 aliphatic rings. The molecule has 0 unspecified atom stereocenters. The summed E-state index contributed by atoms with van der Waals surface area (Å²) in [6.07, 6.45) is 0.393. The second kappa shape index (κ2) is 7.23. The lowest BCUT2D eigenvalue weighted by molar-refractivity contribution is -0.137. The molecule has 0 fully saturated rings. The van der Waals surface area contributed by atoms with E-state index in [1.165, 1.54) is 17.0 Å². The summed E-state index contributed by atoms with van der Waals surface area (Å²) in [7, 11) is 1.57. The molecule has 2 amide bonds. The zero-order chi connectivity index (χ0) is 15.3. The highest BCUT2D eigenvalue weighted by atomic mass is 79.9. The largest absolute Gasteiger partial charge is 0.481 e. The summed E-state index contributed by atoms with van der Waals surface area (Å²) < 4.78 is 13.5. The van der Waals surface area contributed by atoms with Crippen molar-refractivity contribution in [3.63, 3.8) is 0 Å². The van der Waals surface area contributed by atoms with Gasteiger partial charge >= 0.3 is 12.0 Å². The van der Waals surface area contributed by atoms with E-state index in [1.807, 2.05) is 0 Å². The monoisotopic (exact) mass is 346 g/mol. The normalized spacial score (nSPS) is 10.2. The van der Waals surface area contributed by atoms with Gasteiger partial charge in [-0.05, 0) is 47.0 Å². The Morgan fingerprint density at radius 2 is 2.10 bits per heavy atom. The molecule has 1 aromatic rings. The molecule has 0 atom stereocenters. The second-order valence-electron chi connectivity index (χ2n) is 4.43. The van der Waals surface area contributed by atoms with Gasteiger partial charge in [-0.3, -0.25) is 4.79 Å². The summed E-state index contributed by atoms with van der Waals surface area (Å²) in [6.45, 7) is 2.02. The molecule has 0 bridgehead atoms. The number of amides is 2. The summed E-state index contributed by atoms with van der Waals surface area (Å²) in [6, 6.07) is 2.45. The first kappa shape index (κ1) is 16.4. The summed E-state index contributed by atoms with van der Waals surface area (Å²) in [5, 5.41) is 11.2. The van der Waals surface area contributed by atoms with Gasteiger partial charge in [0.25, 0.3) is 0 Å². The third-order valence-corrected chi connectivity index (χ3v) is 3.35. The first-order chi connectivity index (χ1) is 9.31. The van der Waals surface area contributed by atoms with Gasteiger partial charge in [0.1, 0.15) is 5.82 Å². The zero-order valence-corrected chi connectivity index (χ0v) is 12.8. The molecule has 0 aliphatic heterocycles. The average molecular weight is 347 g/mol. The molecule has 110 valence electrons. The van der Waals surface area contributed by atoms with Crippen LogP contribution in [-0.4, -0.2) is 35.6 Å².